The molecule has 10 heteroatoms. The van der Waals surface area contributed by atoms with Gasteiger partial charge in [-0.25, -0.2) is 9.78 Å². The van der Waals surface area contributed by atoms with Gasteiger partial charge < -0.3 is 30.2 Å². The number of carbonyl (C=O) groups is 1. The number of nitrogen functional groups attached to an aromatic ring is 2. The molecule has 212 valence electrons. The first kappa shape index (κ1) is 29.0. The second-order valence-corrected chi connectivity index (χ2v) is 10.3. The highest BCUT2D eigenvalue weighted by molar-refractivity contribution is 5.95. The minimum absolute atomic E-state index is 0.0441. The minimum atomic E-state index is -0.687. The number of ether oxygens (including phenoxy) is 3. The van der Waals surface area contributed by atoms with Crippen LogP contribution < -0.4 is 26.4 Å². The average molecular weight is 556 g/mol. The molecule has 10 nitrogen and oxygen atoms in total. The van der Waals surface area contributed by atoms with E-state index >= 15 is 0 Å². The lowest BCUT2D eigenvalue weighted by Crippen LogP contribution is -2.29. The maximum absolute atomic E-state index is 13.9. The van der Waals surface area contributed by atoms with Gasteiger partial charge in [-0.3, -0.25) is 4.79 Å². The molecule has 0 radical (unpaired) electrons. The topological polar surface area (TPSA) is 145 Å². The van der Waals surface area contributed by atoms with Crippen molar-refractivity contribution < 1.29 is 19.0 Å². The van der Waals surface area contributed by atoms with Gasteiger partial charge >= 0.3 is 5.97 Å². The van der Waals surface area contributed by atoms with E-state index in [0.29, 0.717) is 44.7 Å². The number of nitrogens with zero attached hydrogens (tertiary/aromatic N) is 3. The molecule has 0 bridgehead atoms. The Morgan fingerprint density at radius 3 is 2.46 bits per heavy atom. The zero-order valence-electron chi connectivity index (χ0n) is 24.0. The number of fused-ring (bicyclic) bond motifs is 1. The van der Waals surface area contributed by atoms with Crippen molar-refractivity contribution in [2.24, 2.45) is 0 Å². The van der Waals surface area contributed by atoms with Crippen LogP contribution >= 0.6 is 0 Å². The lowest BCUT2D eigenvalue weighted by Gasteiger charge is -2.27. The summed E-state index contributed by atoms with van der Waals surface area (Å²) < 4.78 is 18.0. The van der Waals surface area contributed by atoms with Gasteiger partial charge in [-0.1, -0.05) is 17.9 Å². The molecular weight excluding hydrogens is 522 g/mol. The summed E-state index contributed by atoms with van der Waals surface area (Å²) in [5, 5.41) is 0.353. The second kappa shape index (κ2) is 11.6. The summed E-state index contributed by atoms with van der Waals surface area (Å²) in [7, 11) is 3.12. The maximum atomic E-state index is 13.9. The van der Waals surface area contributed by atoms with Gasteiger partial charge in [0, 0.05) is 35.5 Å². The summed E-state index contributed by atoms with van der Waals surface area (Å²) in [6.45, 7) is 7.78. The predicted molar refractivity (Wildman–Crippen MR) is 158 cm³/mol. The van der Waals surface area contributed by atoms with Crippen molar-refractivity contribution in [2.45, 2.75) is 39.7 Å². The first-order valence-corrected chi connectivity index (χ1v) is 13.0. The number of esters is 1. The van der Waals surface area contributed by atoms with Crippen LogP contribution in [0.5, 0.6) is 11.5 Å². The maximum Gasteiger partial charge on any atom is 0.343 e. The van der Waals surface area contributed by atoms with E-state index in [-0.39, 0.29) is 30.4 Å². The molecule has 0 aliphatic heterocycles. The average Bonchev–Trinajstić information content (AvgIpc) is 2.92. The molecular formula is C31H33N5O5. The first-order valence-electron chi connectivity index (χ1n) is 13.0. The van der Waals surface area contributed by atoms with E-state index in [2.05, 4.69) is 21.8 Å². The van der Waals surface area contributed by atoms with Crippen LogP contribution in [0.3, 0.4) is 0 Å². The molecule has 0 aliphatic rings. The van der Waals surface area contributed by atoms with Crippen molar-refractivity contribution in [1.82, 2.24) is 14.5 Å². The number of hydrogen-bond donors (Lipinski definition) is 2. The van der Waals surface area contributed by atoms with Crippen LogP contribution in [-0.4, -0.2) is 41.3 Å². The largest absolute Gasteiger partial charge is 0.493 e. The molecule has 0 atom stereocenters. The number of benzene rings is 2. The molecule has 4 aromatic rings. The Morgan fingerprint density at radius 1 is 1.07 bits per heavy atom. The zero-order valence-corrected chi connectivity index (χ0v) is 24.0. The number of carbonyl (C=O) groups excluding carboxylic acids is 1. The fraction of sp³-hybridized carbons (Fsp3) is 0.290. The van der Waals surface area contributed by atoms with E-state index in [1.165, 1.54) is 6.20 Å². The third-order valence-corrected chi connectivity index (χ3v) is 6.45. The smallest absolute Gasteiger partial charge is 0.343 e. The molecule has 0 aliphatic carbocycles. The lowest BCUT2D eigenvalue weighted by molar-refractivity contribution is 0.0524. The molecule has 2 aromatic heterocycles. The Hall–Kier alpha value is -5.04. The molecule has 0 saturated carbocycles. The summed E-state index contributed by atoms with van der Waals surface area (Å²) in [5.74, 6) is 7.00. The molecule has 2 heterocycles. The van der Waals surface area contributed by atoms with Gasteiger partial charge in [0.05, 0.1) is 37.3 Å². The monoisotopic (exact) mass is 555 g/mol. The Kier molecular flexibility index (Phi) is 8.19. The number of rotatable bonds is 6. The molecule has 0 amide bonds. The van der Waals surface area contributed by atoms with E-state index in [1.54, 1.807) is 39.5 Å². The van der Waals surface area contributed by atoms with Gasteiger partial charge in [0.15, 0.2) is 11.5 Å². The van der Waals surface area contributed by atoms with E-state index in [0.717, 1.165) is 0 Å². The van der Waals surface area contributed by atoms with Crippen LogP contribution in [-0.2, 0) is 16.7 Å². The zero-order chi connectivity index (χ0) is 29.9. The first-order chi connectivity index (χ1) is 19.5. The number of para-hydroxylation sites is 1. The van der Waals surface area contributed by atoms with Gasteiger partial charge in [0.2, 0.25) is 11.4 Å². The van der Waals surface area contributed by atoms with Crippen molar-refractivity contribution in [1.29, 1.82) is 0 Å². The van der Waals surface area contributed by atoms with E-state index in [9.17, 15) is 9.59 Å². The van der Waals surface area contributed by atoms with Gasteiger partial charge in [-0.15, -0.1) is 0 Å². The van der Waals surface area contributed by atoms with Crippen molar-refractivity contribution in [3.63, 3.8) is 0 Å². The summed E-state index contributed by atoms with van der Waals surface area (Å²) in [4.78, 5) is 34.9. The number of methoxy groups -OCH3 is 2. The molecule has 0 fully saturated rings. The second-order valence-electron chi connectivity index (χ2n) is 10.3. The third-order valence-electron chi connectivity index (χ3n) is 6.45. The van der Waals surface area contributed by atoms with Crippen LogP contribution in [0.1, 0.15) is 60.3 Å². The third kappa shape index (κ3) is 5.94. The Morgan fingerprint density at radius 2 is 1.83 bits per heavy atom. The summed E-state index contributed by atoms with van der Waals surface area (Å²) in [5.41, 5.74) is 13.9. The highest BCUT2D eigenvalue weighted by Crippen LogP contribution is 2.31. The van der Waals surface area contributed by atoms with Crippen LogP contribution in [0.25, 0.3) is 10.9 Å². The van der Waals surface area contributed by atoms with E-state index in [4.69, 9.17) is 25.7 Å². The fourth-order valence-corrected chi connectivity index (χ4v) is 4.55. The molecule has 2 aromatic carbocycles. The molecule has 0 spiro atoms. The van der Waals surface area contributed by atoms with Crippen molar-refractivity contribution in [3.8, 4) is 23.3 Å². The number of anilines is 2. The Bertz CT molecular complexity index is 1760. The Balaban J connectivity index is 2.05. The molecule has 41 heavy (non-hydrogen) atoms. The number of hydrogen-bond acceptors (Lipinski definition) is 9. The van der Waals surface area contributed by atoms with Gasteiger partial charge in [-0.2, -0.15) is 4.98 Å². The van der Waals surface area contributed by atoms with Gasteiger partial charge in [-0.05, 0) is 57.5 Å². The van der Waals surface area contributed by atoms with Crippen LogP contribution in [0, 0.1) is 11.8 Å². The normalized spacial score (nSPS) is 11.1. The molecule has 4 rings (SSSR count). The lowest BCUT2D eigenvalue weighted by atomic mass is 9.95. The van der Waals surface area contributed by atoms with Crippen molar-refractivity contribution >= 4 is 28.6 Å². The summed E-state index contributed by atoms with van der Waals surface area (Å²) in [6, 6.07) is 9.10. The minimum Gasteiger partial charge on any atom is -0.493 e. The molecule has 0 unspecified atom stereocenters. The van der Waals surface area contributed by atoms with Crippen LogP contribution in [0.2, 0.25) is 0 Å². The van der Waals surface area contributed by atoms with Gasteiger partial charge in [0.25, 0.3) is 0 Å². The molecule has 0 saturated heterocycles. The summed E-state index contributed by atoms with van der Waals surface area (Å²) >= 11 is 0. The van der Waals surface area contributed by atoms with Crippen molar-refractivity contribution in [3.05, 3.63) is 80.8 Å². The predicted octanol–water partition coefficient (Wildman–Crippen LogP) is 3.90. The Labute approximate surface area is 238 Å². The number of aromatic nitrogens is 3. The standard InChI is InChI=1S/C31H33N5O5/c1-7-41-29(38)22-17-36(31(2,3)4)23-14-18(11-12-19-9-8-10-24(39-5)27(19)40-6)13-20(25(23)26(22)37)15-21-16-34-30(33)35-28(21)32/h8-10,13-14,16-17H,7,15H2,1-6H3,(H4,32,33,34,35). The van der Waals surface area contributed by atoms with Gasteiger partial charge in [0.1, 0.15) is 11.4 Å². The molecule has 4 N–H and O–H groups in total. The highest BCUT2D eigenvalue weighted by Gasteiger charge is 2.24. The fourth-order valence-electron chi connectivity index (χ4n) is 4.55. The van der Waals surface area contributed by atoms with Crippen molar-refractivity contribution in [2.75, 3.05) is 32.3 Å². The highest BCUT2D eigenvalue weighted by atomic mass is 16.5. The number of nitrogens with two attached hydrogens (primary N) is 2. The van der Waals surface area contributed by atoms with Crippen LogP contribution in [0.15, 0.2) is 47.5 Å². The number of pyridine rings is 1. The van der Waals surface area contributed by atoms with Crippen LogP contribution in [0.4, 0.5) is 11.8 Å². The quantitative estimate of drug-likeness (QED) is 0.267. The summed E-state index contributed by atoms with van der Waals surface area (Å²) in [6.07, 6.45) is 3.28. The van der Waals surface area contributed by atoms with E-state index in [1.807, 2.05) is 43.5 Å². The SMILES string of the molecule is CCOC(=O)c1cn(C(C)(C)C)c2cc(C#Cc3cccc(OC)c3OC)cc(Cc3cnc(N)nc3N)c2c1=O. The van der Waals surface area contributed by atoms with E-state index < -0.39 is 16.9 Å².